The third-order valence-corrected chi connectivity index (χ3v) is 6.38. The maximum absolute atomic E-state index is 13.7. The Morgan fingerprint density at radius 3 is 2.71 bits per heavy atom. The van der Waals surface area contributed by atoms with E-state index in [4.69, 9.17) is 9.47 Å². The number of aromatic nitrogens is 1. The summed E-state index contributed by atoms with van der Waals surface area (Å²) in [5, 5.41) is 1.23. The van der Waals surface area contributed by atoms with Crippen LogP contribution in [0.2, 0.25) is 0 Å². The molecule has 31 heavy (non-hydrogen) atoms. The average Bonchev–Trinajstić information content (AvgIpc) is 3.42. The summed E-state index contributed by atoms with van der Waals surface area (Å²) >= 11 is 0. The largest absolute Gasteiger partial charge is 0.454 e. The van der Waals surface area contributed by atoms with Gasteiger partial charge in [-0.05, 0) is 54.3 Å². The van der Waals surface area contributed by atoms with Gasteiger partial charge in [0.1, 0.15) is 0 Å². The van der Waals surface area contributed by atoms with Gasteiger partial charge in [-0.3, -0.25) is 4.79 Å². The predicted octanol–water partition coefficient (Wildman–Crippen LogP) is 4.99. The first-order valence-corrected chi connectivity index (χ1v) is 10.6. The van der Waals surface area contributed by atoms with E-state index in [0.717, 1.165) is 45.8 Å². The second-order valence-corrected chi connectivity index (χ2v) is 8.14. The van der Waals surface area contributed by atoms with Crippen LogP contribution in [0.15, 0.2) is 66.7 Å². The van der Waals surface area contributed by atoms with Gasteiger partial charge in [0.2, 0.25) is 6.79 Å². The lowest BCUT2D eigenvalue weighted by atomic mass is 9.91. The molecule has 0 unspecified atom stereocenters. The molecular weight excluding hydrogens is 388 g/mol. The Bertz CT molecular complexity index is 1320. The Kier molecular flexibility index (Phi) is 4.03. The molecule has 1 N–H and O–H groups in total. The van der Waals surface area contributed by atoms with Crippen molar-refractivity contribution in [2.45, 2.75) is 19.4 Å². The molecule has 0 spiro atoms. The molecule has 2 aliphatic heterocycles. The van der Waals surface area contributed by atoms with Crippen LogP contribution < -0.4 is 9.47 Å². The summed E-state index contributed by atoms with van der Waals surface area (Å²) in [6.07, 6.45) is 0.817. The van der Waals surface area contributed by atoms with Gasteiger partial charge in [0.15, 0.2) is 11.5 Å². The number of nitrogens with zero attached hydrogens (tertiary/aromatic N) is 1. The standard InChI is InChI=1S/C26H22N2O3/c1-16-6-2-3-7-18(16)26(29)28-13-12-20-19-8-4-5-9-21(19)27-24(20)25(28)17-10-11-22-23(14-17)31-15-30-22/h2-11,14,25,27H,12-13,15H2,1H3/t25-/m0/s1. The van der Waals surface area contributed by atoms with Crippen molar-refractivity contribution in [3.8, 4) is 11.5 Å². The molecule has 1 amide bonds. The maximum Gasteiger partial charge on any atom is 0.254 e. The van der Waals surface area contributed by atoms with E-state index in [1.54, 1.807) is 0 Å². The number of hydrogen-bond acceptors (Lipinski definition) is 3. The Hall–Kier alpha value is -3.73. The van der Waals surface area contributed by atoms with Crippen LogP contribution >= 0.6 is 0 Å². The topological polar surface area (TPSA) is 54.6 Å². The number of ether oxygens (including phenoxy) is 2. The van der Waals surface area contributed by atoms with E-state index in [-0.39, 0.29) is 18.7 Å². The molecule has 154 valence electrons. The summed E-state index contributed by atoms with van der Waals surface area (Å²) in [5.41, 5.74) is 6.20. The Labute approximate surface area is 180 Å². The molecule has 0 bridgehead atoms. The molecule has 3 aromatic carbocycles. The number of fused-ring (bicyclic) bond motifs is 4. The third kappa shape index (κ3) is 2.81. The van der Waals surface area contributed by atoms with Crippen molar-refractivity contribution in [2.75, 3.05) is 13.3 Å². The molecule has 5 nitrogen and oxygen atoms in total. The molecule has 3 heterocycles. The van der Waals surface area contributed by atoms with Gasteiger partial charge in [-0.25, -0.2) is 0 Å². The van der Waals surface area contributed by atoms with Crippen LogP contribution in [-0.2, 0) is 6.42 Å². The quantitative estimate of drug-likeness (QED) is 0.506. The monoisotopic (exact) mass is 410 g/mol. The van der Waals surface area contributed by atoms with Crippen molar-refractivity contribution in [1.29, 1.82) is 0 Å². The maximum atomic E-state index is 13.7. The number of amides is 1. The highest BCUT2D eigenvalue weighted by Crippen LogP contribution is 2.42. The van der Waals surface area contributed by atoms with Gasteiger partial charge < -0.3 is 19.4 Å². The van der Waals surface area contributed by atoms with Crippen LogP contribution in [0.5, 0.6) is 11.5 Å². The van der Waals surface area contributed by atoms with Gasteiger partial charge in [-0.2, -0.15) is 0 Å². The van der Waals surface area contributed by atoms with Crippen LogP contribution in [-0.4, -0.2) is 29.1 Å². The number of nitrogens with one attached hydrogen (secondary N) is 1. The summed E-state index contributed by atoms with van der Waals surface area (Å²) in [4.78, 5) is 19.3. The number of para-hydroxylation sites is 1. The minimum absolute atomic E-state index is 0.0464. The molecule has 2 aliphatic rings. The molecule has 6 rings (SSSR count). The van der Waals surface area contributed by atoms with Gasteiger partial charge in [0.25, 0.3) is 5.91 Å². The van der Waals surface area contributed by atoms with Crippen LogP contribution in [0.1, 0.15) is 38.8 Å². The SMILES string of the molecule is Cc1ccccc1C(=O)N1CCc2c([nH]c3ccccc23)[C@@H]1c1ccc2c(c1)OCO2. The summed E-state index contributed by atoms with van der Waals surface area (Å²) in [6.45, 7) is 2.87. The molecule has 5 heteroatoms. The van der Waals surface area contributed by atoms with Gasteiger partial charge >= 0.3 is 0 Å². The average molecular weight is 410 g/mol. The highest BCUT2D eigenvalue weighted by molar-refractivity contribution is 5.97. The molecule has 0 radical (unpaired) electrons. The third-order valence-electron chi connectivity index (χ3n) is 6.38. The van der Waals surface area contributed by atoms with Crippen molar-refractivity contribution in [3.05, 3.63) is 94.7 Å². The molecule has 0 saturated heterocycles. The smallest absolute Gasteiger partial charge is 0.254 e. The van der Waals surface area contributed by atoms with E-state index < -0.39 is 0 Å². The Balaban J connectivity index is 1.53. The fraction of sp³-hybridized carbons (Fsp3) is 0.192. The normalized spacial score (nSPS) is 17.1. The molecule has 1 aromatic heterocycles. The van der Waals surface area contributed by atoms with Crippen LogP contribution in [0.3, 0.4) is 0 Å². The number of hydrogen-bond donors (Lipinski definition) is 1. The van der Waals surface area contributed by atoms with Gasteiger partial charge in [-0.15, -0.1) is 0 Å². The summed E-state index contributed by atoms with van der Waals surface area (Å²) in [7, 11) is 0. The zero-order valence-corrected chi connectivity index (χ0v) is 17.2. The first-order chi connectivity index (χ1) is 15.2. The molecule has 1 atom stereocenters. The van der Waals surface area contributed by atoms with Crippen molar-refractivity contribution in [1.82, 2.24) is 9.88 Å². The second-order valence-electron chi connectivity index (χ2n) is 8.14. The lowest BCUT2D eigenvalue weighted by Crippen LogP contribution is -2.40. The second kappa shape index (κ2) is 6.91. The van der Waals surface area contributed by atoms with E-state index in [2.05, 4.69) is 23.2 Å². The molecule has 0 aliphatic carbocycles. The Morgan fingerprint density at radius 2 is 1.81 bits per heavy atom. The summed E-state index contributed by atoms with van der Waals surface area (Å²) in [6, 6.07) is 21.9. The molecule has 0 saturated carbocycles. The number of carbonyl (C=O) groups excluding carboxylic acids is 1. The van der Waals surface area contributed by atoms with Crippen LogP contribution in [0.25, 0.3) is 10.9 Å². The number of rotatable bonds is 2. The zero-order chi connectivity index (χ0) is 20.9. The first-order valence-electron chi connectivity index (χ1n) is 10.6. The van der Waals surface area contributed by atoms with Gasteiger partial charge in [0, 0.05) is 28.7 Å². The molecule has 4 aromatic rings. The van der Waals surface area contributed by atoms with Crippen molar-refractivity contribution >= 4 is 16.8 Å². The first kappa shape index (κ1) is 18.1. The minimum Gasteiger partial charge on any atom is -0.454 e. The van der Waals surface area contributed by atoms with Gasteiger partial charge in [0.05, 0.1) is 6.04 Å². The van der Waals surface area contributed by atoms with E-state index in [9.17, 15) is 4.79 Å². The number of aryl methyl sites for hydroxylation is 1. The highest BCUT2D eigenvalue weighted by atomic mass is 16.7. The van der Waals surface area contributed by atoms with Crippen LogP contribution in [0.4, 0.5) is 0 Å². The Morgan fingerprint density at radius 1 is 1.00 bits per heavy atom. The van der Waals surface area contributed by atoms with Crippen molar-refractivity contribution in [2.24, 2.45) is 0 Å². The summed E-state index contributed by atoms with van der Waals surface area (Å²) < 4.78 is 11.1. The number of aromatic amines is 1. The lowest BCUT2D eigenvalue weighted by molar-refractivity contribution is 0.0691. The van der Waals surface area contributed by atoms with E-state index in [1.807, 2.05) is 60.4 Å². The zero-order valence-electron chi connectivity index (χ0n) is 17.2. The molecular formula is C26H22N2O3. The number of H-pyrrole nitrogens is 1. The predicted molar refractivity (Wildman–Crippen MR) is 119 cm³/mol. The van der Waals surface area contributed by atoms with Gasteiger partial charge in [-0.1, -0.05) is 42.5 Å². The minimum atomic E-state index is -0.224. The number of carbonyl (C=O) groups is 1. The fourth-order valence-corrected chi connectivity index (χ4v) is 4.86. The van der Waals surface area contributed by atoms with Crippen LogP contribution in [0, 0.1) is 6.92 Å². The van der Waals surface area contributed by atoms with Crippen molar-refractivity contribution < 1.29 is 14.3 Å². The number of benzene rings is 3. The summed E-state index contributed by atoms with van der Waals surface area (Å²) in [5.74, 6) is 1.52. The van der Waals surface area contributed by atoms with E-state index in [1.165, 1.54) is 10.9 Å². The molecule has 0 fully saturated rings. The van der Waals surface area contributed by atoms with E-state index in [0.29, 0.717) is 6.54 Å². The highest BCUT2D eigenvalue weighted by Gasteiger charge is 2.36. The lowest BCUT2D eigenvalue weighted by Gasteiger charge is -2.36. The van der Waals surface area contributed by atoms with E-state index >= 15 is 0 Å². The fourth-order valence-electron chi connectivity index (χ4n) is 4.86. The van der Waals surface area contributed by atoms with Crippen molar-refractivity contribution in [3.63, 3.8) is 0 Å².